The number of ether oxygens (including phenoxy) is 2. The first-order valence-electron chi connectivity index (χ1n) is 5.37. The first-order chi connectivity index (χ1) is 6.90. The molecule has 0 aromatic rings. The van der Waals surface area contributed by atoms with Crippen molar-refractivity contribution in [1.29, 1.82) is 0 Å². The standard InChI is InChI=1S/C11H23NO3/c1-7-14-10(13)11(4,15-8-2)9(3)12(5)6/h9H,7-8H2,1-6H3. The van der Waals surface area contributed by atoms with E-state index in [4.69, 9.17) is 9.47 Å². The molecule has 0 aromatic heterocycles. The van der Waals surface area contributed by atoms with Gasteiger partial charge in [0.2, 0.25) is 0 Å². The van der Waals surface area contributed by atoms with Gasteiger partial charge in [0.15, 0.2) is 5.60 Å². The van der Waals surface area contributed by atoms with Crippen molar-refractivity contribution in [3.63, 3.8) is 0 Å². The Hall–Kier alpha value is -0.610. The van der Waals surface area contributed by atoms with Gasteiger partial charge in [-0.2, -0.15) is 0 Å². The smallest absolute Gasteiger partial charge is 0.339 e. The van der Waals surface area contributed by atoms with Crippen LogP contribution in [0.1, 0.15) is 27.7 Å². The molecular formula is C11H23NO3. The summed E-state index contributed by atoms with van der Waals surface area (Å²) in [6, 6.07) is -0.0310. The number of nitrogens with zero attached hydrogens (tertiary/aromatic N) is 1. The number of hydrogen-bond acceptors (Lipinski definition) is 4. The van der Waals surface area contributed by atoms with Gasteiger partial charge in [0.05, 0.1) is 6.61 Å². The van der Waals surface area contributed by atoms with E-state index >= 15 is 0 Å². The lowest BCUT2D eigenvalue weighted by Crippen LogP contribution is -2.54. The molecule has 90 valence electrons. The quantitative estimate of drug-likeness (QED) is 0.629. The molecule has 0 fully saturated rings. The summed E-state index contributed by atoms with van der Waals surface area (Å²) in [5.74, 6) is -0.298. The molecule has 4 nitrogen and oxygen atoms in total. The number of likely N-dealkylation sites (N-methyl/N-ethyl adjacent to an activating group) is 1. The minimum Gasteiger partial charge on any atom is -0.464 e. The lowest BCUT2D eigenvalue weighted by molar-refractivity contribution is -0.177. The summed E-state index contributed by atoms with van der Waals surface area (Å²) in [5.41, 5.74) is -0.895. The number of carbonyl (C=O) groups is 1. The topological polar surface area (TPSA) is 38.8 Å². The maximum atomic E-state index is 11.8. The van der Waals surface area contributed by atoms with Gasteiger partial charge in [-0.05, 0) is 41.8 Å². The molecule has 4 heteroatoms. The average Bonchev–Trinajstić information content (AvgIpc) is 2.17. The second kappa shape index (κ2) is 6.08. The zero-order valence-corrected chi connectivity index (χ0v) is 10.7. The van der Waals surface area contributed by atoms with Gasteiger partial charge < -0.3 is 14.4 Å². The first-order valence-corrected chi connectivity index (χ1v) is 5.37. The summed E-state index contributed by atoms with van der Waals surface area (Å²) < 4.78 is 10.6. The molecule has 0 heterocycles. The highest BCUT2D eigenvalue weighted by Crippen LogP contribution is 2.21. The highest BCUT2D eigenvalue weighted by molar-refractivity contribution is 5.80. The van der Waals surface area contributed by atoms with Crippen LogP contribution < -0.4 is 0 Å². The van der Waals surface area contributed by atoms with E-state index < -0.39 is 5.60 Å². The van der Waals surface area contributed by atoms with E-state index in [9.17, 15) is 4.79 Å². The van der Waals surface area contributed by atoms with E-state index in [1.165, 1.54) is 0 Å². The van der Waals surface area contributed by atoms with Crippen molar-refractivity contribution in [3.05, 3.63) is 0 Å². The molecule has 0 bridgehead atoms. The van der Waals surface area contributed by atoms with Crippen LogP contribution in [-0.4, -0.2) is 49.8 Å². The van der Waals surface area contributed by atoms with Gasteiger partial charge in [0.25, 0.3) is 0 Å². The molecule has 0 aliphatic rings. The molecule has 15 heavy (non-hydrogen) atoms. The summed E-state index contributed by atoms with van der Waals surface area (Å²) >= 11 is 0. The fraction of sp³-hybridized carbons (Fsp3) is 0.909. The minimum atomic E-state index is -0.895. The predicted octanol–water partition coefficient (Wildman–Crippen LogP) is 1.29. The van der Waals surface area contributed by atoms with Crippen LogP contribution in [0.3, 0.4) is 0 Å². The maximum Gasteiger partial charge on any atom is 0.339 e. The van der Waals surface area contributed by atoms with E-state index in [1.54, 1.807) is 13.8 Å². The normalized spacial score (nSPS) is 17.3. The van der Waals surface area contributed by atoms with Crippen LogP contribution in [0.4, 0.5) is 0 Å². The summed E-state index contributed by atoms with van der Waals surface area (Å²) in [6.45, 7) is 8.27. The van der Waals surface area contributed by atoms with Gasteiger partial charge in [-0.25, -0.2) is 4.79 Å². The Kier molecular flexibility index (Phi) is 5.83. The fourth-order valence-corrected chi connectivity index (χ4v) is 1.42. The van der Waals surface area contributed by atoms with Crippen molar-refractivity contribution in [2.75, 3.05) is 27.3 Å². The second-order valence-electron chi connectivity index (χ2n) is 3.90. The van der Waals surface area contributed by atoms with E-state index in [-0.39, 0.29) is 12.0 Å². The van der Waals surface area contributed by atoms with Crippen LogP contribution in [0.2, 0.25) is 0 Å². The van der Waals surface area contributed by atoms with Crippen molar-refractivity contribution in [3.8, 4) is 0 Å². The fourth-order valence-electron chi connectivity index (χ4n) is 1.42. The van der Waals surface area contributed by atoms with Gasteiger partial charge in [-0.1, -0.05) is 0 Å². The van der Waals surface area contributed by atoms with Crippen LogP contribution in [0, 0.1) is 0 Å². The highest BCUT2D eigenvalue weighted by atomic mass is 16.6. The van der Waals surface area contributed by atoms with Crippen LogP contribution >= 0.6 is 0 Å². The zero-order chi connectivity index (χ0) is 12.1. The molecule has 2 unspecified atom stereocenters. The summed E-state index contributed by atoms with van der Waals surface area (Å²) in [5, 5.41) is 0. The first kappa shape index (κ1) is 14.4. The summed E-state index contributed by atoms with van der Waals surface area (Å²) in [4.78, 5) is 13.8. The number of hydrogen-bond donors (Lipinski definition) is 0. The number of carbonyl (C=O) groups excluding carboxylic acids is 1. The van der Waals surface area contributed by atoms with Crippen molar-refractivity contribution in [1.82, 2.24) is 4.90 Å². The molecular weight excluding hydrogens is 194 g/mol. The largest absolute Gasteiger partial charge is 0.464 e. The Labute approximate surface area is 92.5 Å². The molecule has 0 aliphatic carbocycles. The Morgan fingerprint density at radius 2 is 1.87 bits per heavy atom. The number of esters is 1. The lowest BCUT2D eigenvalue weighted by Gasteiger charge is -2.36. The van der Waals surface area contributed by atoms with Crippen molar-refractivity contribution in [2.24, 2.45) is 0 Å². The van der Waals surface area contributed by atoms with Gasteiger partial charge in [-0.15, -0.1) is 0 Å². The molecule has 0 N–H and O–H groups in total. The molecule has 0 radical (unpaired) electrons. The van der Waals surface area contributed by atoms with Gasteiger partial charge in [-0.3, -0.25) is 0 Å². The monoisotopic (exact) mass is 217 g/mol. The van der Waals surface area contributed by atoms with Crippen LogP contribution in [-0.2, 0) is 14.3 Å². The average molecular weight is 217 g/mol. The van der Waals surface area contributed by atoms with E-state index in [1.807, 2.05) is 32.8 Å². The zero-order valence-electron chi connectivity index (χ0n) is 10.7. The van der Waals surface area contributed by atoms with Gasteiger partial charge >= 0.3 is 5.97 Å². The molecule has 0 spiro atoms. The Morgan fingerprint density at radius 3 is 2.20 bits per heavy atom. The van der Waals surface area contributed by atoms with E-state index in [0.717, 1.165) is 0 Å². The third-order valence-corrected chi connectivity index (χ3v) is 2.70. The highest BCUT2D eigenvalue weighted by Gasteiger charge is 2.42. The molecule has 0 amide bonds. The third-order valence-electron chi connectivity index (χ3n) is 2.70. The second-order valence-corrected chi connectivity index (χ2v) is 3.90. The van der Waals surface area contributed by atoms with E-state index in [2.05, 4.69) is 0 Å². The van der Waals surface area contributed by atoms with Gasteiger partial charge in [0.1, 0.15) is 0 Å². The maximum absolute atomic E-state index is 11.8. The third kappa shape index (κ3) is 3.47. The molecule has 0 rings (SSSR count). The molecule has 0 aromatic carbocycles. The SMILES string of the molecule is CCOC(=O)C(C)(OCC)C(C)N(C)C. The molecule has 0 saturated carbocycles. The van der Waals surface area contributed by atoms with Crippen molar-refractivity contribution >= 4 is 5.97 Å². The van der Waals surface area contributed by atoms with Crippen LogP contribution in [0.15, 0.2) is 0 Å². The molecule has 0 aliphatic heterocycles. The Bertz CT molecular complexity index is 206. The lowest BCUT2D eigenvalue weighted by atomic mass is 9.97. The molecule has 0 saturated heterocycles. The molecule has 2 atom stereocenters. The summed E-state index contributed by atoms with van der Waals surface area (Å²) in [7, 11) is 3.84. The van der Waals surface area contributed by atoms with Crippen molar-refractivity contribution in [2.45, 2.75) is 39.3 Å². The predicted molar refractivity (Wildman–Crippen MR) is 59.8 cm³/mol. The number of rotatable bonds is 6. The van der Waals surface area contributed by atoms with Crippen molar-refractivity contribution < 1.29 is 14.3 Å². The van der Waals surface area contributed by atoms with E-state index in [0.29, 0.717) is 13.2 Å². The summed E-state index contributed by atoms with van der Waals surface area (Å²) in [6.07, 6.45) is 0. The minimum absolute atomic E-state index is 0.0310. The van der Waals surface area contributed by atoms with Gasteiger partial charge in [0, 0.05) is 12.6 Å². The Morgan fingerprint density at radius 1 is 1.33 bits per heavy atom. The van der Waals surface area contributed by atoms with Crippen LogP contribution in [0.5, 0.6) is 0 Å². The Balaban J connectivity index is 4.78. The van der Waals surface area contributed by atoms with Crippen LogP contribution in [0.25, 0.3) is 0 Å².